The van der Waals surface area contributed by atoms with Crippen LogP contribution in [0.5, 0.6) is 0 Å². The summed E-state index contributed by atoms with van der Waals surface area (Å²) >= 11 is 3.44. The molecule has 1 saturated heterocycles. The van der Waals surface area contributed by atoms with E-state index in [1.807, 2.05) is 17.4 Å². The highest BCUT2D eigenvalue weighted by Gasteiger charge is 2.41. The zero-order valence-electron chi connectivity index (χ0n) is 13.3. The maximum atomic E-state index is 11.4. The zero-order chi connectivity index (χ0) is 15.9. The predicted molar refractivity (Wildman–Crippen MR) is 94.5 cm³/mol. The Kier molecular flexibility index (Phi) is 4.13. The van der Waals surface area contributed by atoms with Crippen LogP contribution in [0.3, 0.4) is 0 Å². The van der Waals surface area contributed by atoms with Crippen molar-refractivity contribution in [1.82, 2.24) is 4.90 Å². The molecule has 2 aromatic heterocycles. The number of carbonyl (C=O) groups excluding carboxylic acids is 1. The minimum absolute atomic E-state index is 0.0384. The molecule has 3 nitrogen and oxygen atoms in total. The molecule has 0 aliphatic carbocycles. The van der Waals surface area contributed by atoms with E-state index in [4.69, 9.17) is 4.74 Å². The van der Waals surface area contributed by atoms with E-state index in [0.29, 0.717) is 0 Å². The Morgan fingerprint density at radius 3 is 2.91 bits per heavy atom. The molecule has 4 heterocycles. The molecule has 0 bridgehead atoms. The normalized spacial score (nSPS) is 20.6. The number of fused-ring (bicyclic) bond motifs is 2. The van der Waals surface area contributed by atoms with Gasteiger partial charge in [0.25, 0.3) is 0 Å². The summed E-state index contributed by atoms with van der Waals surface area (Å²) in [7, 11) is 0. The quantitative estimate of drug-likeness (QED) is 0.784. The van der Waals surface area contributed by atoms with Crippen LogP contribution in [0.1, 0.15) is 45.4 Å². The van der Waals surface area contributed by atoms with Gasteiger partial charge in [-0.15, -0.1) is 22.7 Å². The number of thiophene rings is 2. The highest BCUT2D eigenvalue weighted by atomic mass is 32.1. The van der Waals surface area contributed by atoms with E-state index in [2.05, 4.69) is 21.7 Å². The summed E-state index contributed by atoms with van der Waals surface area (Å²) in [6.45, 7) is 5.55. The first-order valence-electron chi connectivity index (χ1n) is 8.18. The van der Waals surface area contributed by atoms with E-state index in [9.17, 15) is 4.79 Å². The lowest BCUT2D eigenvalue weighted by Crippen LogP contribution is -2.45. The van der Waals surface area contributed by atoms with Crippen LogP contribution in [0.25, 0.3) is 0 Å². The molecule has 1 fully saturated rings. The molecule has 2 aromatic rings. The fraction of sp³-hybridized carbons (Fsp3) is 0.500. The first kappa shape index (κ1) is 15.5. The van der Waals surface area contributed by atoms with Gasteiger partial charge in [-0.25, -0.2) is 0 Å². The first-order valence-corrected chi connectivity index (χ1v) is 9.94. The highest BCUT2D eigenvalue weighted by Crippen LogP contribution is 2.43. The number of hydrogen-bond donors (Lipinski definition) is 0. The van der Waals surface area contributed by atoms with Crippen LogP contribution in [0, 0.1) is 0 Å². The Labute approximate surface area is 144 Å². The van der Waals surface area contributed by atoms with E-state index >= 15 is 0 Å². The van der Waals surface area contributed by atoms with Gasteiger partial charge in [0.2, 0.25) is 0 Å². The number of carbonyl (C=O) groups is 1. The minimum Gasteiger partial charge on any atom is -0.370 e. The molecule has 1 spiro atoms. The fourth-order valence-electron chi connectivity index (χ4n) is 3.74. The van der Waals surface area contributed by atoms with Crippen molar-refractivity contribution in [2.45, 2.75) is 38.3 Å². The Bertz CT molecular complexity index is 710. The van der Waals surface area contributed by atoms with Gasteiger partial charge in [-0.3, -0.25) is 9.69 Å². The van der Waals surface area contributed by atoms with E-state index in [1.165, 1.54) is 16.0 Å². The topological polar surface area (TPSA) is 29.5 Å². The maximum Gasteiger partial charge on any atom is 0.169 e. The molecule has 2 aliphatic rings. The van der Waals surface area contributed by atoms with Crippen molar-refractivity contribution in [3.63, 3.8) is 0 Å². The minimum atomic E-state index is -0.0384. The maximum absolute atomic E-state index is 11.4. The zero-order valence-corrected chi connectivity index (χ0v) is 15.0. The average Bonchev–Trinajstić information content (AvgIpc) is 3.20. The second kappa shape index (κ2) is 6.13. The second-order valence-electron chi connectivity index (χ2n) is 6.50. The van der Waals surface area contributed by atoms with Crippen LogP contribution in [0.2, 0.25) is 0 Å². The van der Waals surface area contributed by atoms with Crippen molar-refractivity contribution in [3.8, 4) is 0 Å². The predicted octanol–water partition coefficient (Wildman–Crippen LogP) is 4.08. The number of piperidine rings is 1. The summed E-state index contributed by atoms with van der Waals surface area (Å²) in [5.74, 6) is 0.166. The smallest absolute Gasteiger partial charge is 0.169 e. The van der Waals surface area contributed by atoms with Gasteiger partial charge in [0, 0.05) is 30.9 Å². The summed E-state index contributed by atoms with van der Waals surface area (Å²) in [6, 6.07) is 4.32. The van der Waals surface area contributed by atoms with Crippen LogP contribution in [-0.4, -0.2) is 30.4 Å². The Morgan fingerprint density at radius 2 is 2.17 bits per heavy atom. The van der Waals surface area contributed by atoms with Crippen molar-refractivity contribution in [1.29, 1.82) is 0 Å². The van der Waals surface area contributed by atoms with Crippen LogP contribution in [-0.2, 0) is 23.3 Å². The molecule has 5 heteroatoms. The molecule has 0 radical (unpaired) electrons. The van der Waals surface area contributed by atoms with Gasteiger partial charge in [0.05, 0.1) is 17.1 Å². The summed E-state index contributed by atoms with van der Waals surface area (Å²) in [5.41, 5.74) is 2.67. The SMILES string of the molecule is CC(=O)c1cc(CN2CCC3(CC2)OCCc2sccc23)cs1. The third kappa shape index (κ3) is 2.91. The summed E-state index contributed by atoms with van der Waals surface area (Å²) in [4.78, 5) is 16.3. The summed E-state index contributed by atoms with van der Waals surface area (Å²) in [5, 5.41) is 4.33. The average molecular weight is 348 g/mol. The number of likely N-dealkylation sites (tertiary alicyclic amines) is 1. The number of nitrogens with zero attached hydrogens (tertiary/aromatic N) is 1. The molecule has 2 aliphatic heterocycles. The van der Waals surface area contributed by atoms with Crippen molar-refractivity contribution < 1.29 is 9.53 Å². The number of Topliss-reactive ketones (excluding diaryl/α,β-unsaturated/α-hetero) is 1. The van der Waals surface area contributed by atoms with Crippen molar-refractivity contribution in [3.05, 3.63) is 43.8 Å². The van der Waals surface area contributed by atoms with Gasteiger partial charge >= 0.3 is 0 Å². The van der Waals surface area contributed by atoms with Gasteiger partial charge in [-0.2, -0.15) is 0 Å². The lowest BCUT2D eigenvalue weighted by atomic mass is 9.82. The number of hydrogen-bond acceptors (Lipinski definition) is 5. The Balaban J connectivity index is 1.43. The molecule has 0 saturated carbocycles. The Morgan fingerprint density at radius 1 is 1.35 bits per heavy atom. The van der Waals surface area contributed by atoms with Crippen molar-refractivity contribution in [2.75, 3.05) is 19.7 Å². The lowest BCUT2D eigenvalue weighted by molar-refractivity contribution is -0.0980. The number of rotatable bonds is 3. The molecule has 0 amide bonds. The fourth-order valence-corrected chi connectivity index (χ4v) is 5.50. The number of ether oxygens (including phenoxy) is 1. The van der Waals surface area contributed by atoms with E-state index in [0.717, 1.165) is 50.4 Å². The van der Waals surface area contributed by atoms with Gasteiger partial charge in [0.1, 0.15) is 0 Å². The second-order valence-corrected chi connectivity index (χ2v) is 8.41. The van der Waals surface area contributed by atoms with Gasteiger partial charge in [0.15, 0.2) is 5.78 Å². The van der Waals surface area contributed by atoms with Crippen LogP contribution in [0.4, 0.5) is 0 Å². The molecular formula is C18H21NO2S2. The molecule has 122 valence electrons. The third-order valence-electron chi connectivity index (χ3n) is 5.01. The third-order valence-corrected chi connectivity index (χ3v) is 7.07. The van der Waals surface area contributed by atoms with Gasteiger partial charge in [-0.05, 0) is 53.8 Å². The van der Waals surface area contributed by atoms with Gasteiger partial charge < -0.3 is 4.74 Å². The van der Waals surface area contributed by atoms with Crippen LogP contribution in [0.15, 0.2) is 22.9 Å². The van der Waals surface area contributed by atoms with E-state index in [-0.39, 0.29) is 11.4 Å². The Hall–Kier alpha value is -1.01. The van der Waals surface area contributed by atoms with E-state index < -0.39 is 0 Å². The van der Waals surface area contributed by atoms with E-state index in [1.54, 1.807) is 18.3 Å². The monoisotopic (exact) mass is 347 g/mol. The van der Waals surface area contributed by atoms with Crippen LogP contribution < -0.4 is 0 Å². The van der Waals surface area contributed by atoms with Crippen LogP contribution >= 0.6 is 22.7 Å². The first-order chi connectivity index (χ1) is 11.2. The summed E-state index contributed by atoms with van der Waals surface area (Å²) in [6.07, 6.45) is 3.21. The largest absolute Gasteiger partial charge is 0.370 e. The molecule has 4 rings (SSSR count). The summed E-state index contributed by atoms with van der Waals surface area (Å²) < 4.78 is 6.26. The molecule has 0 N–H and O–H groups in total. The number of ketones is 1. The highest BCUT2D eigenvalue weighted by molar-refractivity contribution is 7.12. The van der Waals surface area contributed by atoms with Crippen molar-refractivity contribution in [2.24, 2.45) is 0 Å². The van der Waals surface area contributed by atoms with Gasteiger partial charge in [-0.1, -0.05) is 0 Å². The molecular weight excluding hydrogens is 326 g/mol. The molecule has 0 atom stereocenters. The standard InChI is InChI=1S/C18H21NO2S2/c1-13(20)17-10-14(12-23-17)11-19-6-4-18(5-7-19)15-3-9-22-16(15)2-8-21-18/h3,9-10,12H,2,4-8,11H2,1H3. The van der Waals surface area contributed by atoms with Crippen molar-refractivity contribution >= 4 is 28.5 Å². The molecule has 23 heavy (non-hydrogen) atoms. The molecule has 0 unspecified atom stereocenters. The molecule has 0 aromatic carbocycles. The lowest BCUT2D eigenvalue weighted by Gasteiger charge is -2.44.